The molecule has 3 rings (SSSR count). The van der Waals surface area contributed by atoms with E-state index in [1.807, 2.05) is 12.1 Å². The third kappa shape index (κ3) is 1.10. The van der Waals surface area contributed by atoms with E-state index in [-0.39, 0.29) is 0 Å². The van der Waals surface area contributed by atoms with E-state index < -0.39 is 0 Å². The largest absolute Gasteiger partial charge is 0.381 e. The Morgan fingerprint density at radius 2 is 2.36 bits per heavy atom. The molecular formula is C11H13ClN2. The van der Waals surface area contributed by atoms with Crippen molar-refractivity contribution in [2.75, 3.05) is 23.3 Å². The summed E-state index contributed by atoms with van der Waals surface area (Å²) in [5.74, 6) is 0. The molecule has 0 bridgehead atoms. The van der Waals surface area contributed by atoms with Crippen LogP contribution in [0.1, 0.15) is 12.8 Å². The average Bonchev–Trinajstić information content (AvgIpc) is 2.65. The molecule has 1 N–H and O–H groups in total. The Balaban J connectivity index is 2.11. The van der Waals surface area contributed by atoms with Gasteiger partial charge in [-0.05, 0) is 25.0 Å². The number of benzene rings is 1. The molecule has 2 nitrogen and oxygen atoms in total. The molecule has 14 heavy (non-hydrogen) atoms. The molecule has 1 fully saturated rings. The lowest BCUT2D eigenvalue weighted by atomic mass is 10.1. The van der Waals surface area contributed by atoms with Crippen LogP contribution in [-0.2, 0) is 0 Å². The number of hydrogen-bond acceptors (Lipinski definition) is 2. The molecule has 1 saturated heterocycles. The fraction of sp³-hybridized carbons (Fsp3) is 0.455. The zero-order valence-corrected chi connectivity index (χ0v) is 8.72. The molecule has 74 valence electrons. The van der Waals surface area contributed by atoms with Crippen molar-refractivity contribution in [2.24, 2.45) is 0 Å². The fourth-order valence-corrected chi connectivity index (χ4v) is 2.80. The molecule has 0 aliphatic carbocycles. The van der Waals surface area contributed by atoms with E-state index in [1.165, 1.54) is 24.2 Å². The quantitative estimate of drug-likeness (QED) is 0.706. The normalized spacial score (nSPS) is 24.1. The van der Waals surface area contributed by atoms with Crippen LogP contribution in [0.25, 0.3) is 0 Å². The first kappa shape index (κ1) is 8.42. The summed E-state index contributed by atoms with van der Waals surface area (Å²) in [4.78, 5) is 2.45. The standard InChI is InChI=1S/C11H13ClN2/c12-9-4-1-5-10-11(9)14-6-2-3-8(14)7-13-10/h1,4-5,8,13H,2-3,6-7H2/t8-/m0/s1. The second-order valence-corrected chi connectivity index (χ2v) is 4.41. The smallest absolute Gasteiger partial charge is 0.0794 e. The summed E-state index contributed by atoms with van der Waals surface area (Å²) in [5.41, 5.74) is 2.40. The zero-order valence-electron chi connectivity index (χ0n) is 7.96. The van der Waals surface area contributed by atoms with E-state index in [0.717, 1.165) is 18.1 Å². The number of para-hydroxylation sites is 1. The Labute approximate surface area is 88.9 Å². The van der Waals surface area contributed by atoms with E-state index in [2.05, 4.69) is 16.3 Å². The summed E-state index contributed by atoms with van der Waals surface area (Å²) < 4.78 is 0. The molecule has 2 aliphatic rings. The molecule has 0 radical (unpaired) electrons. The highest BCUT2D eigenvalue weighted by molar-refractivity contribution is 6.34. The van der Waals surface area contributed by atoms with Crippen LogP contribution in [0.15, 0.2) is 18.2 Å². The summed E-state index contributed by atoms with van der Waals surface area (Å²) in [5, 5.41) is 4.33. The van der Waals surface area contributed by atoms with Crippen molar-refractivity contribution in [1.29, 1.82) is 0 Å². The molecule has 1 aromatic carbocycles. The van der Waals surface area contributed by atoms with Gasteiger partial charge in [-0.1, -0.05) is 17.7 Å². The second-order valence-electron chi connectivity index (χ2n) is 4.01. The van der Waals surface area contributed by atoms with Crippen molar-refractivity contribution in [1.82, 2.24) is 0 Å². The number of fused-ring (bicyclic) bond motifs is 3. The summed E-state index contributed by atoms with van der Waals surface area (Å²) >= 11 is 6.23. The molecule has 2 aliphatic heterocycles. The maximum absolute atomic E-state index is 6.23. The highest BCUT2D eigenvalue weighted by atomic mass is 35.5. The van der Waals surface area contributed by atoms with Gasteiger partial charge in [0.25, 0.3) is 0 Å². The predicted octanol–water partition coefficient (Wildman–Crippen LogP) is 2.73. The first-order valence-electron chi connectivity index (χ1n) is 5.15. The third-order valence-electron chi connectivity index (χ3n) is 3.18. The first-order valence-corrected chi connectivity index (χ1v) is 5.53. The lowest BCUT2D eigenvalue weighted by Crippen LogP contribution is -2.39. The Bertz CT molecular complexity index is 364. The van der Waals surface area contributed by atoms with Crippen molar-refractivity contribution in [3.8, 4) is 0 Å². The Hall–Kier alpha value is -0.890. The molecule has 1 atom stereocenters. The monoisotopic (exact) mass is 208 g/mol. The van der Waals surface area contributed by atoms with E-state index >= 15 is 0 Å². The van der Waals surface area contributed by atoms with Crippen molar-refractivity contribution >= 4 is 23.0 Å². The van der Waals surface area contributed by atoms with Crippen LogP contribution in [0.3, 0.4) is 0 Å². The lowest BCUT2D eigenvalue weighted by Gasteiger charge is -2.35. The minimum absolute atomic E-state index is 0.655. The van der Waals surface area contributed by atoms with E-state index in [1.54, 1.807) is 0 Å². The van der Waals surface area contributed by atoms with Crippen LogP contribution in [0.2, 0.25) is 5.02 Å². The molecule has 0 spiro atoms. The minimum atomic E-state index is 0.655. The van der Waals surface area contributed by atoms with Crippen molar-refractivity contribution in [3.63, 3.8) is 0 Å². The van der Waals surface area contributed by atoms with E-state index in [0.29, 0.717) is 6.04 Å². The molecule has 0 saturated carbocycles. The number of anilines is 2. The van der Waals surface area contributed by atoms with Crippen molar-refractivity contribution in [2.45, 2.75) is 18.9 Å². The van der Waals surface area contributed by atoms with Gasteiger partial charge in [-0.3, -0.25) is 0 Å². The van der Waals surface area contributed by atoms with Crippen LogP contribution in [0.5, 0.6) is 0 Å². The molecule has 0 aromatic heterocycles. The molecule has 1 aromatic rings. The minimum Gasteiger partial charge on any atom is -0.381 e. The topological polar surface area (TPSA) is 15.3 Å². The van der Waals surface area contributed by atoms with Gasteiger partial charge in [-0.25, -0.2) is 0 Å². The molecular weight excluding hydrogens is 196 g/mol. The molecule has 0 unspecified atom stereocenters. The SMILES string of the molecule is Clc1cccc2c1N1CCC[C@H]1CN2. The van der Waals surface area contributed by atoms with Crippen LogP contribution in [0.4, 0.5) is 11.4 Å². The van der Waals surface area contributed by atoms with Gasteiger partial charge < -0.3 is 10.2 Å². The summed E-state index contributed by atoms with van der Waals surface area (Å²) in [6, 6.07) is 6.74. The number of rotatable bonds is 0. The maximum atomic E-state index is 6.23. The number of nitrogens with zero attached hydrogens (tertiary/aromatic N) is 1. The first-order chi connectivity index (χ1) is 6.86. The third-order valence-corrected chi connectivity index (χ3v) is 3.48. The van der Waals surface area contributed by atoms with Gasteiger partial charge in [0.1, 0.15) is 0 Å². The lowest BCUT2D eigenvalue weighted by molar-refractivity contribution is 0.683. The van der Waals surface area contributed by atoms with Crippen LogP contribution in [0, 0.1) is 0 Å². The van der Waals surface area contributed by atoms with Gasteiger partial charge in [0.2, 0.25) is 0 Å². The summed E-state index contributed by atoms with van der Waals surface area (Å²) in [6.45, 7) is 2.22. The molecule has 0 amide bonds. The predicted molar refractivity (Wildman–Crippen MR) is 60.3 cm³/mol. The van der Waals surface area contributed by atoms with Crippen LogP contribution >= 0.6 is 11.6 Å². The second kappa shape index (κ2) is 3.06. The summed E-state index contributed by atoms with van der Waals surface area (Å²) in [7, 11) is 0. The van der Waals surface area contributed by atoms with Crippen LogP contribution in [-0.4, -0.2) is 19.1 Å². The Morgan fingerprint density at radius 1 is 1.43 bits per heavy atom. The Kier molecular flexibility index (Phi) is 1.84. The highest BCUT2D eigenvalue weighted by Gasteiger charge is 2.31. The number of nitrogens with one attached hydrogen (secondary N) is 1. The molecule has 3 heteroatoms. The van der Waals surface area contributed by atoms with Crippen LogP contribution < -0.4 is 10.2 Å². The van der Waals surface area contributed by atoms with Gasteiger partial charge >= 0.3 is 0 Å². The maximum Gasteiger partial charge on any atom is 0.0794 e. The fourth-order valence-electron chi connectivity index (χ4n) is 2.52. The average molecular weight is 209 g/mol. The number of halogens is 1. The highest BCUT2D eigenvalue weighted by Crippen LogP contribution is 2.40. The van der Waals surface area contributed by atoms with Gasteiger partial charge in [0.15, 0.2) is 0 Å². The van der Waals surface area contributed by atoms with Crippen molar-refractivity contribution < 1.29 is 0 Å². The number of hydrogen-bond donors (Lipinski definition) is 1. The van der Waals surface area contributed by atoms with Gasteiger partial charge in [-0.2, -0.15) is 0 Å². The van der Waals surface area contributed by atoms with Gasteiger partial charge in [-0.15, -0.1) is 0 Å². The van der Waals surface area contributed by atoms with Gasteiger partial charge in [0.05, 0.1) is 16.4 Å². The Morgan fingerprint density at radius 3 is 3.29 bits per heavy atom. The summed E-state index contributed by atoms with van der Waals surface area (Å²) in [6.07, 6.45) is 2.58. The zero-order chi connectivity index (χ0) is 9.54. The van der Waals surface area contributed by atoms with E-state index in [9.17, 15) is 0 Å². The van der Waals surface area contributed by atoms with Crippen molar-refractivity contribution in [3.05, 3.63) is 23.2 Å². The van der Waals surface area contributed by atoms with Gasteiger partial charge in [0, 0.05) is 19.1 Å². The van der Waals surface area contributed by atoms with E-state index in [4.69, 9.17) is 11.6 Å². The molecule has 2 heterocycles.